The van der Waals surface area contributed by atoms with Crippen molar-refractivity contribution in [2.24, 2.45) is 13.0 Å². The van der Waals surface area contributed by atoms with Gasteiger partial charge < -0.3 is 39.3 Å². The number of rotatable bonds is 5. The second-order valence-electron chi connectivity index (χ2n) is 14.2. The highest BCUT2D eigenvalue weighted by Crippen LogP contribution is 2.44. The zero-order valence-corrected chi connectivity index (χ0v) is 33.2. The molecule has 17 heteroatoms. The zero-order valence-electron chi connectivity index (χ0n) is 32.4. The maximum absolute atomic E-state index is 14.8. The van der Waals surface area contributed by atoms with Gasteiger partial charge in [0.2, 0.25) is 11.7 Å². The Kier molecular flexibility index (Phi) is 13.3. The minimum Gasteiger partial charge on any atom is -0.493 e. The Morgan fingerprint density at radius 3 is 2.38 bits per heavy atom. The summed E-state index contributed by atoms with van der Waals surface area (Å²) in [5.41, 5.74) is 6.19. The summed E-state index contributed by atoms with van der Waals surface area (Å²) < 4.78 is 19.1. The number of amides is 3. The number of ether oxygens (including phenoxy) is 3. The molecular weight excluding hydrogens is 741 g/mol. The first-order valence-electron chi connectivity index (χ1n) is 18.9. The molecule has 16 nitrogen and oxygen atoms in total. The van der Waals surface area contributed by atoms with Crippen LogP contribution < -0.4 is 24.4 Å². The molecule has 3 amide bonds. The number of carbonyl (C=O) groups excluding carboxylic acids is 3. The van der Waals surface area contributed by atoms with Gasteiger partial charge in [-0.1, -0.05) is 0 Å². The number of benzene rings is 1. The van der Waals surface area contributed by atoms with Gasteiger partial charge in [-0.3, -0.25) is 23.9 Å². The Hall–Kier alpha value is -5.45. The number of piperidine rings is 1. The molecule has 1 unspecified atom stereocenters. The molecule has 5 heterocycles. The van der Waals surface area contributed by atoms with Crippen LogP contribution >= 0.6 is 11.3 Å². The number of aromatic nitrogens is 4. The molecule has 3 aromatic heterocycles. The highest BCUT2D eigenvalue weighted by Gasteiger charge is 2.31. The number of nitrogens with zero attached hydrogens (tertiary/aromatic N) is 7. The summed E-state index contributed by atoms with van der Waals surface area (Å²) >= 11 is 1.35. The molecule has 56 heavy (non-hydrogen) atoms. The topological polar surface area (TPSA) is 182 Å². The molecule has 7 rings (SSSR count). The van der Waals surface area contributed by atoms with Crippen LogP contribution in [0.1, 0.15) is 76.3 Å². The maximum atomic E-state index is 14.8. The standard InChI is InChI=1S/C38H48N8O6S.CH2O2/c1-43-33(26-11-5-6-12-28(26)42-43)38(49)45-13-7-8-14-46(37(48)30-22-53-23-40-30)21-32(47)39-18-24-10-9-15-44(19-24)36-25(20-45)16-27-29(41-36)17-31(50-2)35(52-4)34(27)51-3;2-1-3/h16-17,22-24H,5-15,18-21H2,1-4H3,(H,39,47);1H,(H,2,3). The van der Waals surface area contributed by atoms with Crippen molar-refractivity contribution in [3.63, 3.8) is 0 Å². The molecule has 1 saturated heterocycles. The van der Waals surface area contributed by atoms with Gasteiger partial charge in [-0.2, -0.15) is 5.10 Å². The van der Waals surface area contributed by atoms with Crippen LogP contribution in [0.25, 0.3) is 10.9 Å². The molecule has 0 saturated carbocycles. The zero-order chi connectivity index (χ0) is 39.8. The monoisotopic (exact) mass is 790 g/mol. The molecular formula is C39H50N8O8S. The SMILES string of the molecule is COc1cc2nc3c(cc2c(OC)c1OC)CN(C(=O)c1c2c(nn1C)CCCC2)CCCCN(C(=O)c1cscn1)CC(=O)NCC1CCCN3C1.O=CO. The second kappa shape index (κ2) is 18.5. The third-order valence-corrected chi connectivity index (χ3v) is 11.2. The summed E-state index contributed by atoms with van der Waals surface area (Å²) in [5.74, 6) is 1.89. The average molecular weight is 791 g/mol. The van der Waals surface area contributed by atoms with Crippen LogP contribution in [-0.2, 0) is 36.0 Å². The minimum atomic E-state index is -0.270. The number of fused-ring (bicyclic) bond motifs is 6. The Bertz CT molecular complexity index is 2040. The summed E-state index contributed by atoms with van der Waals surface area (Å²) in [6.45, 7) is 2.69. The van der Waals surface area contributed by atoms with E-state index in [0.29, 0.717) is 79.7 Å². The highest BCUT2D eigenvalue weighted by atomic mass is 32.1. The quantitative estimate of drug-likeness (QED) is 0.279. The molecule has 300 valence electrons. The first-order chi connectivity index (χ1) is 27.2. The number of hydrogen-bond donors (Lipinski definition) is 2. The number of methoxy groups -OCH3 is 3. The number of carboxylic acid groups (broad SMARTS) is 1. The lowest BCUT2D eigenvalue weighted by Crippen LogP contribution is -2.46. The van der Waals surface area contributed by atoms with E-state index in [9.17, 15) is 14.4 Å². The van der Waals surface area contributed by atoms with Gasteiger partial charge in [-0.25, -0.2) is 9.97 Å². The van der Waals surface area contributed by atoms with Crippen molar-refractivity contribution in [2.45, 2.75) is 57.9 Å². The normalized spacial score (nSPS) is 17.8. The first-order valence-corrected chi connectivity index (χ1v) is 19.9. The van der Waals surface area contributed by atoms with E-state index in [-0.39, 0.29) is 36.7 Å². The second-order valence-corrected chi connectivity index (χ2v) is 14.9. The number of pyridine rings is 1. The van der Waals surface area contributed by atoms with Gasteiger partial charge in [0.05, 0.1) is 44.6 Å². The number of hydrogen-bond acceptors (Lipinski definition) is 12. The molecule has 1 atom stereocenters. The highest BCUT2D eigenvalue weighted by molar-refractivity contribution is 7.07. The van der Waals surface area contributed by atoms with Crippen LogP contribution in [0.15, 0.2) is 23.0 Å². The Labute approximate surface area is 329 Å². The van der Waals surface area contributed by atoms with Crippen LogP contribution in [0.4, 0.5) is 5.82 Å². The molecule has 0 spiro atoms. The summed E-state index contributed by atoms with van der Waals surface area (Å²) in [4.78, 5) is 65.2. The van der Waals surface area contributed by atoms with Gasteiger partial charge in [0.25, 0.3) is 18.3 Å². The van der Waals surface area contributed by atoms with E-state index in [4.69, 9.17) is 34.2 Å². The smallest absolute Gasteiger partial charge is 0.290 e. The van der Waals surface area contributed by atoms with E-state index >= 15 is 0 Å². The van der Waals surface area contributed by atoms with E-state index in [2.05, 4.69) is 21.3 Å². The van der Waals surface area contributed by atoms with E-state index in [1.807, 2.05) is 18.0 Å². The van der Waals surface area contributed by atoms with Crippen molar-refractivity contribution in [3.05, 3.63) is 51.2 Å². The van der Waals surface area contributed by atoms with Crippen molar-refractivity contribution < 1.29 is 38.5 Å². The van der Waals surface area contributed by atoms with Crippen LogP contribution in [-0.4, -0.2) is 119 Å². The lowest BCUT2D eigenvalue weighted by Gasteiger charge is -2.36. The lowest BCUT2D eigenvalue weighted by molar-refractivity contribution is -0.123. The van der Waals surface area contributed by atoms with Crippen molar-refractivity contribution in [2.75, 3.05) is 65.5 Å². The largest absolute Gasteiger partial charge is 0.493 e. The van der Waals surface area contributed by atoms with Gasteiger partial charge in [0, 0.05) is 74.3 Å². The summed E-state index contributed by atoms with van der Waals surface area (Å²) in [5, 5.41) is 17.2. The van der Waals surface area contributed by atoms with Gasteiger partial charge in [0.1, 0.15) is 17.2 Å². The van der Waals surface area contributed by atoms with E-state index < -0.39 is 0 Å². The number of thiazole rings is 1. The van der Waals surface area contributed by atoms with E-state index in [1.54, 1.807) is 41.8 Å². The van der Waals surface area contributed by atoms with E-state index in [0.717, 1.165) is 73.1 Å². The Balaban J connectivity index is 0.00000172. The number of anilines is 1. The lowest BCUT2D eigenvalue weighted by atomic mass is 9.95. The van der Waals surface area contributed by atoms with Crippen LogP contribution in [0.3, 0.4) is 0 Å². The minimum absolute atomic E-state index is 0.0555. The van der Waals surface area contributed by atoms with Crippen LogP contribution in [0.2, 0.25) is 0 Å². The van der Waals surface area contributed by atoms with Gasteiger partial charge >= 0.3 is 0 Å². The number of aryl methyl sites for hydroxylation is 2. The molecule has 3 aliphatic rings. The molecule has 2 bridgehead atoms. The van der Waals surface area contributed by atoms with Gasteiger partial charge in [0.15, 0.2) is 11.5 Å². The van der Waals surface area contributed by atoms with Gasteiger partial charge in [-0.15, -0.1) is 11.3 Å². The average Bonchev–Trinajstić information content (AvgIpc) is 3.87. The molecule has 1 fully saturated rings. The number of nitrogens with one attached hydrogen (secondary N) is 1. The Morgan fingerprint density at radius 1 is 0.946 bits per heavy atom. The van der Waals surface area contributed by atoms with Crippen molar-refractivity contribution in [1.29, 1.82) is 0 Å². The molecule has 2 aliphatic heterocycles. The molecule has 4 aromatic rings. The predicted molar refractivity (Wildman–Crippen MR) is 210 cm³/mol. The van der Waals surface area contributed by atoms with Crippen LogP contribution in [0.5, 0.6) is 17.2 Å². The fourth-order valence-corrected chi connectivity index (χ4v) is 8.54. The predicted octanol–water partition coefficient (Wildman–Crippen LogP) is 3.94. The summed E-state index contributed by atoms with van der Waals surface area (Å²) in [7, 11) is 6.63. The third-order valence-electron chi connectivity index (χ3n) is 10.6. The number of carbonyl (C=O) groups is 4. The van der Waals surface area contributed by atoms with E-state index in [1.165, 1.54) is 11.3 Å². The van der Waals surface area contributed by atoms with Crippen molar-refractivity contribution in [1.82, 2.24) is 34.9 Å². The Morgan fingerprint density at radius 2 is 1.68 bits per heavy atom. The van der Waals surface area contributed by atoms with Crippen molar-refractivity contribution in [3.8, 4) is 17.2 Å². The first kappa shape index (κ1) is 40.2. The summed E-state index contributed by atoms with van der Waals surface area (Å²) in [6.07, 6.45) is 6.81. The van der Waals surface area contributed by atoms with Gasteiger partial charge in [-0.05, 0) is 63.4 Å². The third kappa shape index (κ3) is 8.67. The molecule has 0 radical (unpaired) electrons. The van der Waals surface area contributed by atoms with Crippen molar-refractivity contribution >= 4 is 52.3 Å². The fourth-order valence-electron chi connectivity index (χ4n) is 8.02. The van der Waals surface area contributed by atoms with Crippen LogP contribution in [0, 0.1) is 5.92 Å². The fraction of sp³-hybridized carbons (Fsp3) is 0.513. The summed E-state index contributed by atoms with van der Waals surface area (Å²) in [6, 6.07) is 3.93. The molecule has 2 N–H and O–H groups in total. The molecule has 1 aliphatic carbocycles. The maximum Gasteiger partial charge on any atom is 0.290 e. The molecule has 1 aromatic carbocycles.